The van der Waals surface area contributed by atoms with E-state index in [9.17, 15) is 16.8 Å². The second kappa shape index (κ2) is 7.81. The van der Waals surface area contributed by atoms with Crippen molar-refractivity contribution in [2.45, 2.75) is 37.8 Å². The quantitative estimate of drug-likeness (QED) is 0.727. The van der Waals surface area contributed by atoms with Gasteiger partial charge in [0.1, 0.15) is 11.6 Å². The standard InChI is InChI=1S/C19H29N3O5S2/c1-27-16-5-6-17-14(10-16)7-9-21-12-15-4-3-8-22(18(15)11-19(17)21)29(25,26)13-20-28(2,23)24/h5-6,10,15,18-20H,3-4,7-9,11-13H2,1-2H3/t15-,18+,19+/m1/s1. The van der Waals surface area contributed by atoms with Gasteiger partial charge in [0.05, 0.1) is 13.4 Å². The van der Waals surface area contributed by atoms with Crippen LogP contribution in [-0.2, 0) is 26.5 Å². The van der Waals surface area contributed by atoms with Crippen LogP contribution in [0.2, 0.25) is 0 Å². The zero-order chi connectivity index (χ0) is 20.8. The first-order chi connectivity index (χ1) is 13.7. The summed E-state index contributed by atoms with van der Waals surface area (Å²) >= 11 is 0. The lowest BCUT2D eigenvalue weighted by Crippen LogP contribution is -2.58. The molecule has 1 aromatic carbocycles. The van der Waals surface area contributed by atoms with E-state index in [1.807, 2.05) is 6.07 Å². The number of hydrogen-bond donors (Lipinski definition) is 1. The Morgan fingerprint density at radius 3 is 2.72 bits per heavy atom. The molecule has 10 heteroatoms. The second-order valence-corrected chi connectivity index (χ2v) is 12.1. The van der Waals surface area contributed by atoms with Crippen LogP contribution in [0.1, 0.15) is 36.4 Å². The normalized spacial score (nSPS) is 28.3. The van der Waals surface area contributed by atoms with Crippen molar-refractivity contribution in [2.24, 2.45) is 5.92 Å². The van der Waals surface area contributed by atoms with Crippen molar-refractivity contribution >= 4 is 20.0 Å². The van der Waals surface area contributed by atoms with Crippen molar-refractivity contribution in [3.05, 3.63) is 29.3 Å². The maximum atomic E-state index is 12.9. The van der Waals surface area contributed by atoms with Gasteiger partial charge in [0.15, 0.2) is 0 Å². The summed E-state index contributed by atoms with van der Waals surface area (Å²) in [5.41, 5.74) is 2.53. The lowest BCUT2D eigenvalue weighted by Gasteiger charge is -2.51. The van der Waals surface area contributed by atoms with Gasteiger partial charge in [0.2, 0.25) is 20.0 Å². The summed E-state index contributed by atoms with van der Waals surface area (Å²) in [6, 6.07) is 6.26. The zero-order valence-corrected chi connectivity index (χ0v) is 18.5. The molecular formula is C19H29N3O5S2. The van der Waals surface area contributed by atoms with Gasteiger partial charge in [0, 0.05) is 31.7 Å². The number of piperidine rings is 2. The number of nitrogens with one attached hydrogen (secondary N) is 1. The van der Waals surface area contributed by atoms with Crippen LogP contribution in [-0.4, -0.2) is 71.0 Å². The van der Waals surface area contributed by atoms with Crippen molar-refractivity contribution < 1.29 is 21.6 Å². The van der Waals surface area contributed by atoms with Gasteiger partial charge in [-0.25, -0.2) is 16.8 Å². The molecule has 3 aliphatic rings. The molecule has 0 radical (unpaired) electrons. The molecule has 3 heterocycles. The topological polar surface area (TPSA) is 96.0 Å². The van der Waals surface area contributed by atoms with Crippen LogP contribution >= 0.6 is 0 Å². The summed E-state index contributed by atoms with van der Waals surface area (Å²) in [6.07, 6.45) is 4.51. The highest BCUT2D eigenvalue weighted by atomic mass is 32.2. The molecule has 2 saturated heterocycles. The number of fused-ring (bicyclic) bond motifs is 4. The Balaban J connectivity index is 1.59. The minimum absolute atomic E-state index is 0.0931. The van der Waals surface area contributed by atoms with Gasteiger partial charge >= 0.3 is 0 Å². The molecule has 0 unspecified atom stereocenters. The lowest BCUT2D eigenvalue weighted by molar-refractivity contribution is 0.0219. The molecule has 162 valence electrons. The summed E-state index contributed by atoms with van der Waals surface area (Å²) in [4.78, 5) is 2.49. The number of nitrogens with zero attached hydrogens (tertiary/aromatic N) is 2. The van der Waals surface area contributed by atoms with E-state index >= 15 is 0 Å². The number of benzene rings is 1. The van der Waals surface area contributed by atoms with Crippen LogP contribution in [0.3, 0.4) is 0 Å². The van der Waals surface area contributed by atoms with E-state index in [4.69, 9.17) is 4.74 Å². The molecule has 29 heavy (non-hydrogen) atoms. The molecule has 0 spiro atoms. The minimum Gasteiger partial charge on any atom is -0.497 e. The second-order valence-electron chi connectivity index (χ2n) is 8.31. The van der Waals surface area contributed by atoms with Crippen molar-refractivity contribution in [3.63, 3.8) is 0 Å². The zero-order valence-electron chi connectivity index (χ0n) is 16.9. The van der Waals surface area contributed by atoms with Crippen LogP contribution in [0.4, 0.5) is 0 Å². The van der Waals surface area contributed by atoms with Gasteiger partial charge in [-0.2, -0.15) is 9.03 Å². The molecule has 0 bridgehead atoms. The van der Waals surface area contributed by atoms with Gasteiger partial charge < -0.3 is 4.74 Å². The molecule has 8 nitrogen and oxygen atoms in total. The van der Waals surface area contributed by atoms with E-state index in [1.54, 1.807) is 11.4 Å². The lowest BCUT2D eigenvalue weighted by atomic mass is 9.77. The van der Waals surface area contributed by atoms with Gasteiger partial charge in [-0.05, 0) is 54.9 Å². The van der Waals surface area contributed by atoms with E-state index in [2.05, 4.69) is 21.8 Å². The van der Waals surface area contributed by atoms with Gasteiger partial charge in [-0.1, -0.05) is 6.07 Å². The van der Waals surface area contributed by atoms with Crippen LogP contribution in [0.25, 0.3) is 0 Å². The van der Waals surface area contributed by atoms with E-state index in [0.29, 0.717) is 6.54 Å². The van der Waals surface area contributed by atoms with Gasteiger partial charge in [0.25, 0.3) is 0 Å². The Labute approximate surface area is 173 Å². The van der Waals surface area contributed by atoms with E-state index < -0.39 is 25.9 Å². The van der Waals surface area contributed by atoms with E-state index in [0.717, 1.165) is 50.8 Å². The predicted molar refractivity (Wildman–Crippen MR) is 111 cm³/mol. The van der Waals surface area contributed by atoms with Crippen LogP contribution in [0, 0.1) is 5.92 Å². The number of hydrogen-bond acceptors (Lipinski definition) is 6. The summed E-state index contributed by atoms with van der Waals surface area (Å²) in [5, 5.41) is 0. The molecular weight excluding hydrogens is 414 g/mol. The van der Waals surface area contributed by atoms with Crippen LogP contribution < -0.4 is 9.46 Å². The maximum absolute atomic E-state index is 12.9. The largest absolute Gasteiger partial charge is 0.497 e. The number of rotatable bonds is 5. The summed E-state index contributed by atoms with van der Waals surface area (Å²) in [5.74, 6) is 0.560. The molecule has 0 saturated carbocycles. The Kier molecular flexibility index (Phi) is 5.67. The fourth-order valence-corrected chi connectivity index (χ4v) is 7.82. The highest BCUT2D eigenvalue weighted by Crippen LogP contribution is 2.44. The van der Waals surface area contributed by atoms with Crippen molar-refractivity contribution in [2.75, 3.05) is 38.9 Å². The first-order valence-electron chi connectivity index (χ1n) is 10.0. The summed E-state index contributed by atoms with van der Waals surface area (Å²) < 4.78 is 57.8. The van der Waals surface area contributed by atoms with Crippen molar-refractivity contribution in [1.29, 1.82) is 0 Å². The first kappa shape index (κ1) is 21.0. The molecule has 0 aliphatic carbocycles. The fourth-order valence-electron chi connectivity index (χ4n) is 5.13. The fraction of sp³-hybridized carbons (Fsp3) is 0.684. The average Bonchev–Trinajstić information content (AvgIpc) is 2.69. The third kappa shape index (κ3) is 4.32. The SMILES string of the molecule is COc1ccc2c(c1)CCN1C[C@H]3CCCN(S(=O)(=O)CNS(C)(=O)=O)[C@H]3C[C@@H]21. The first-order valence-corrected chi connectivity index (χ1v) is 13.5. The van der Waals surface area contributed by atoms with Crippen LogP contribution in [0.5, 0.6) is 5.75 Å². The summed E-state index contributed by atoms with van der Waals surface area (Å²) in [7, 11) is -5.61. The molecule has 1 N–H and O–H groups in total. The Bertz CT molecular complexity index is 980. The number of methoxy groups -OCH3 is 1. The molecule has 1 aromatic rings. The maximum Gasteiger partial charge on any atom is 0.228 e. The Morgan fingerprint density at radius 2 is 2.00 bits per heavy atom. The Hall–Kier alpha value is -1.20. The smallest absolute Gasteiger partial charge is 0.228 e. The third-order valence-corrected chi connectivity index (χ3v) is 9.01. The van der Waals surface area contributed by atoms with Gasteiger partial charge in [-0.3, -0.25) is 4.90 Å². The predicted octanol–water partition coefficient (Wildman–Crippen LogP) is 0.915. The number of ether oxygens (including phenoxy) is 1. The highest BCUT2D eigenvalue weighted by Gasteiger charge is 2.45. The minimum atomic E-state index is -3.71. The molecule has 0 amide bonds. The van der Waals surface area contributed by atoms with E-state index in [1.165, 1.54) is 11.1 Å². The molecule has 3 aliphatic heterocycles. The van der Waals surface area contributed by atoms with E-state index in [-0.39, 0.29) is 18.0 Å². The Morgan fingerprint density at radius 1 is 1.21 bits per heavy atom. The van der Waals surface area contributed by atoms with Crippen LogP contribution in [0.15, 0.2) is 18.2 Å². The molecule has 0 aromatic heterocycles. The molecule has 3 atom stereocenters. The third-order valence-electron chi connectivity index (χ3n) is 6.48. The average molecular weight is 444 g/mol. The van der Waals surface area contributed by atoms with Gasteiger partial charge in [-0.15, -0.1) is 0 Å². The number of sulfonamides is 2. The highest BCUT2D eigenvalue weighted by molar-refractivity contribution is 7.92. The molecule has 2 fully saturated rings. The van der Waals surface area contributed by atoms with Crippen molar-refractivity contribution in [3.8, 4) is 5.75 Å². The van der Waals surface area contributed by atoms with Crippen molar-refractivity contribution in [1.82, 2.24) is 13.9 Å². The molecule has 4 rings (SSSR count). The summed E-state index contributed by atoms with van der Waals surface area (Å²) in [6.45, 7) is 2.31. The monoisotopic (exact) mass is 443 g/mol.